The van der Waals surface area contributed by atoms with Gasteiger partial charge in [0.2, 0.25) is 5.89 Å². The molecule has 0 spiro atoms. The molecule has 0 aliphatic rings. The van der Waals surface area contributed by atoms with E-state index in [1.165, 1.54) is 32.0 Å². The fourth-order valence-electron chi connectivity index (χ4n) is 2.72. The molecule has 0 fully saturated rings. The van der Waals surface area contributed by atoms with Gasteiger partial charge in [-0.3, -0.25) is 0 Å². The summed E-state index contributed by atoms with van der Waals surface area (Å²) in [5.41, 5.74) is 6.89. The Morgan fingerprint density at radius 2 is 2.21 bits per heavy atom. The Balaban J connectivity index is 2.23. The first-order valence-corrected chi connectivity index (χ1v) is 10.2. The fraction of sp³-hybridized carbons (Fsp3) is 0.444. The predicted octanol–water partition coefficient (Wildman–Crippen LogP) is 2.25. The number of aromatic nitrogens is 2. The minimum atomic E-state index is -0.541. The quantitative estimate of drug-likeness (QED) is 0.391. The maximum Gasteiger partial charge on any atom is 0.338 e. The van der Waals surface area contributed by atoms with Gasteiger partial charge in [-0.25, -0.2) is 4.79 Å². The predicted molar refractivity (Wildman–Crippen MR) is 113 cm³/mol. The molecular formula is C18H24N4O5S2. The summed E-state index contributed by atoms with van der Waals surface area (Å²) in [6, 6.07) is 1.15. The van der Waals surface area contributed by atoms with E-state index in [4.69, 9.17) is 31.9 Å². The van der Waals surface area contributed by atoms with Gasteiger partial charge in [0.1, 0.15) is 17.5 Å². The monoisotopic (exact) mass is 440 g/mol. The van der Waals surface area contributed by atoms with Crippen molar-refractivity contribution in [3.63, 3.8) is 0 Å². The highest BCUT2D eigenvalue weighted by molar-refractivity contribution is 7.98. The molecule has 0 aliphatic heterocycles. The first-order chi connectivity index (χ1) is 13.8. The van der Waals surface area contributed by atoms with Crippen molar-refractivity contribution in [3.05, 3.63) is 34.5 Å². The van der Waals surface area contributed by atoms with Gasteiger partial charge in [-0.1, -0.05) is 17.4 Å². The highest BCUT2D eigenvalue weighted by atomic mass is 32.2. The summed E-state index contributed by atoms with van der Waals surface area (Å²) < 4.78 is 15.4. The Hall–Kier alpha value is -2.37. The van der Waals surface area contributed by atoms with Crippen molar-refractivity contribution in [1.29, 1.82) is 0 Å². The number of nitrogens with two attached hydrogens (primary N) is 1. The lowest BCUT2D eigenvalue weighted by Gasteiger charge is -2.18. The largest absolute Gasteiger partial charge is 0.507 e. The van der Waals surface area contributed by atoms with Crippen LogP contribution in [-0.4, -0.2) is 46.2 Å². The van der Waals surface area contributed by atoms with Gasteiger partial charge in [0.15, 0.2) is 5.82 Å². The van der Waals surface area contributed by atoms with Crippen LogP contribution in [0.15, 0.2) is 10.6 Å². The topological polar surface area (TPSA) is 133 Å². The van der Waals surface area contributed by atoms with Crippen LogP contribution < -0.4 is 15.8 Å². The Bertz CT molecular complexity index is 887. The second kappa shape index (κ2) is 10.4. The van der Waals surface area contributed by atoms with E-state index >= 15 is 0 Å². The number of thiocarbonyl (C=S) groups is 1. The number of phenolic OH excluding ortho intramolecular Hbond substituents is 1. The molecule has 0 saturated heterocycles. The molecule has 29 heavy (non-hydrogen) atoms. The van der Waals surface area contributed by atoms with Crippen LogP contribution in [0.3, 0.4) is 0 Å². The molecule has 0 aliphatic carbocycles. The molecule has 2 rings (SSSR count). The van der Waals surface area contributed by atoms with E-state index in [1.54, 1.807) is 13.8 Å². The number of carbonyl (C=O) groups excluding carboxylic acids is 1. The van der Waals surface area contributed by atoms with E-state index in [2.05, 4.69) is 15.5 Å². The average molecular weight is 441 g/mol. The first-order valence-electron chi connectivity index (χ1n) is 8.67. The molecule has 11 heteroatoms. The molecule has 0 radical (unpaired) electrons. The SMILES string of the molecule is COC(=O)c1c(C)c(OC)cc(O)c1CSC[C@H](NC(C)=S)c1nc(CN)no1. The zero-order chi connectivity index (χ0) is 21.6. The number of methoxy groups -OCH3 is 2. The van der Waals surface area contributed by atoms with E-state index in [-0.39, 0.29) is 23.9 Å². The Morgan fingerprint density at radius 3 is 2.76 bits per heavy atom. The number of esters is 1. The van der Waals surface area contributed by atoms with Crippen LogP contribution >= 0.6 is 24.0 Å². The highest BCUT2D eigenvalue weighted by Gasteiger charge is 2.24. The summed E-state index contributed by atoms with van der Waals surface area (Å²) in [4.78, 5) is 17.1. The van der Waals surface area contributed by atoms with E-state index in [0.29, 0.717) is 45.1 Å². The number of ether oxygens (including phenoxy) is 2. The summed E-state index contributed by atoms with van der Waals surface area (Å²) in [5, 5.41) is 17.4. The number of carbonyl (C=O) groups is 1. The molecule has 1 aromatic carbocycles. The van der Waals surface area contributed by atoms with Crippen molar-refractivity contribution < 1.29 is 23.9 Å². The maximum atomic E-state index is 12.3. The molecule has 0 amide bonds. The van der Waals surface area contributed by atoms with Gasteiger partial charge in [0.25, 0.3) is 0 Å². The first kappa shape index (κ1) is 22.9. The van der Waals surface area contributed by atoms with Crippen LogP contribution in [0.5, 0.6) is 11.5 Å². The number of hydrogen-bond acceptors (Lipinski definition) is 10. The van der Waals surface area contributed by atoms with Crippen LogP contribution in [0.2, 0.25) is 0 Å². The lowest BCUT2D eigenvalue weighted by molar-refractivity contribution is 0.0598. The minimum Gasteiger partial charge on any atom is -0.507 e. The summed E-state index contributed by atoms with van der Waals surface area (Å²) in [6.45, 7) is 3.66. The van der Waals surface area contributed by atoms with Crippen LogP contribution in [0.1, 0.15) is 46.2 Å². The second-order valence-corrected chi connectivity index (χ2v) is 7.73. The number of rotatable bonds is 9. The number of thioether (sulfide) groups is 1. The van der Waals surface area contributed by atoms with Crippen molar-refractivity contribution in [2.45, 2.75) is 32.2 Å². The van der Waals surface area contributed by atoms with Gasteiger partial charge < -0.3 is 30.2 Å². The number of phenols is 1. The fourth-order valence-corrected chi connectivity index (χ4v) is 3.94. The molecule has 158 valence electrons. The number of nitrogens with zero attached hydrogens (tertiary/aromatic N) is 2. The molecule has 0 saturated carbocycles. The normalized spacial score (nSPS) is 11.8. The zero-order valence-corrected chi connectivity index (χ0v) is 18.3. The van der Waals surface area contributed by atoms with Gasteiger partial charge in [0.05, 0.1) is 31.3 Å². The molecule has 0 unspecified atom stereocenters. The third-order valence-corrected chi connectivity index (χ3v) is 5.29. The maximum absolute atomic E-state index is 12.3. The lowest BCUT2D eigenvalue weighted by Crippen LogP contribution is -2.27. The van der Waals surface area contributed by atoms with Crippen LogP contribution in [0, 0.1) is 6.92 Å². The number of nitrogens with one attached hydrogen (secondary N) is 1. The average Bonchev–Trinajstić information content (AvgIpc) is 3.17. The van der Waals surface area contributed by atoms with Gasteiger partial charge in [-0.05, 0) is 13.8 Å². The molecule has 2 aromatic rings. The van der Waals surface area contributed by atoms with Crippen LogP contribution in [0.25, 0.3) is 0 Å². The summed E-state index contributed by atoms with van der Waals surface area (Å²) in [5.74, 6) is 1.42. The smallest absolute Gasteiger partial charge is 0.338 e. The van der Waals surface area contributed by atoms with Crippen LogP contribution in [0.4, 0.5) is 0 Å². The Morgan fingerprint density at radius 1 is 1.48 bits per heavy atom. The summed E-state index contributed by atoms with van der Waals surface area (Å²) in [7, 11) is 2.77. The van der Waals surface area contributed by atoms with E-state index < -0.39 is 5.97 Å². The van der Waals surface area contributed by atoms with E-state index in [0.717, 1.165) is 0 Å². The number of aromatic hydroxyl groups is 1. The van der Waals surface area contributed by atoms with Crippen molar-refractivity contribution in [2.24, 2.45) is 5.73 Å². The molecule has 1 aromatic heterocycles. The zero-order valence-electron chi connectivity index (χ0n) is 16.6. The summed E-state index contributed by atoms with van der Waals surface area (Å²) >= 11 is 6.59. The van der Waals surface area contributed by atoms with Crippen molar-refractivity contribution in [3.8, 4) is 11.5 Å². The highest BCUT2D eigenvalue weighted by Crippen LogP contribution is 2.36. The van der Waals surface area contributed by atoms with Crippen molar-refractivity contribution >= 4 is 34.9 Å². The van der Waals surface area contributed by atoms with Crippen LogP contribution in [-0.2, 0) is 17.0 Å². The van der Waals surface area contributed by atoms with Gasteiger partial charge in [-0.15, -0.1) is 0 Å². The minimum absolute atomic E-state index is 0.0425. The summed E-state index contributed by atoms with van der Waals surface area (Å²) in [6.07, 6.45) is 0. The molecule has 9 nitrogen and oxygen atoms in total. The standard InChI is InChI=1S/C18H24N4O5S2/c1-9-14(25-3)5-13(23)11(16(9)18(24)26-4)7-29-8-12(20-10(2)28)17-21-15(6-19)22-27-17/h5,12,23H,6-8,19H2,1-4H3,(H,20,28)/t12-/m0/s1. The van der Waals surface area contributed by atoms with E-state index in [1.807, 2.05) is 0 Å². The Kier molecular flexibility index (Phi) is 8.23. The van der Waals surface area contributed by atoms with Crippen molar-refractivity contribution in [1.82, 2.24) is 15.5 Å². The van der Waals surface area contributed by atoms with E-state index in [9.17, 15) is 9.90 Å². The second-order valence-electron chi connectivity index (χ2n) is 6.09. The third kappa shape index (κ3) is 5.58. The number of benzene rings is 1. The molecule has 1 heterocycles. The third-order valence-electron chi connectivity index (χ3n) is 4.11. The molecular weight excluding hydrogens is 416 g/mol. The Labute approximate surface area is 178 Å². The number of hydrogen-bond donors (Lipinski definition) is 3. The van der Waals surface area contributed by atoms with Gasteiger partial charge in [0, 0.05) is 28.7 Å². The molecule has 0 bridgehead atoms. The van der Waals surface area contributed by atoms with Crippen molar-refractivity contribution in [2.75, 3.05) is 20.0 Å². The van der Waals surface area contributed by atoms with Gasteiger partial charge in [-0.2, -0.15) is 16.7 Å². The lowest BCUT2D eigenvalue weighted by atomic mass is 10.0. The molecule has 1 atom stereocenters. The van der Waals surface area contributed by atoms with Gasteiger partial charge >= 0.3 is 5.97 Å². The molecule has 4 N–H and O–H groups in total.